The predicted octanol–water partition coefficient (Wildman–Crippen LogP) is 2.59. The van der Waals surface area contributed by atoms with Gasteiger partial charge in [-0.3, -0.25) is 0 Å². The number of nitrogens with two attached hydrogens (primary N) is 1. The van der Waals surface area contributed by atoms with E-state index in [-0.39, 0.29) is 5.56 Å². The number of carbonyl (C=O) groups is 1. The van der Waals surface area contributed by atoms with E-state index in [1.54, 1.807) is 18.4 Å². The van der Waals surface area contributed by atoms with Crippen LogP contribution >= 0.6 is 0 Å². The second-order valence-corrected chi connectivity index (χ2v) is 4.17. The van der Waals surface area contributed by atoms with Gasteiger partial charge in [0.2, 0.25) is 0 Å². The summed E-state index contributed by atoms with van der Waals surface area (Å²) < 4.78 is 5.31. The van der Waals surface area contributed by atoms with E-state index in [2.05, 4.69) is 0 Å². The highest BCUT2D eigenvalue weighted by Gasteiger charge is 2.12. The lowest BCUT2D eigenvalue weighted by molar-refractivity contribution is 0.0697. The van der Waals surface area contributed by atoms with Gasteiger partial charge in [-0.15, -0.1) is 0 Å². The Morgan fingerprint density at radius 2 is 2.21 bits per heavy atom. The topological polar surface area (TPSA) is 79.7 Å². The molecular formula is C14H16N2O3. The minimum Gasteiger partial charge on any atom is -0.478 e. The first-order valence-electron chi connectivity index (χ1n) is 6.02. The van der Waals surface area contributed by atoms with Crippen molar-refractivity contribution in [1.29, 1.82) is 0 Å². The predicted molar refractivity (Wildman–Crippen MR) is 73.2 cm³/mol. The highest BCUT2D eigenvalue weighted by molar-refractivity contribution is 5.90. The molecule has 5 heteroatoms. The molecule has 0 saturated heterocycles. The number of carboxylic acids is 1. The maximum Gasteiger partial charge on any atom is 0.335 e. The first kappa shape index (κ1) is 13.0. The second-order valence-electron chi connectivity index (χ2n) is 4.17. The third kappa shape index (κ3) is 2.88. The van der Waals surface area contributed by atoms with Gasteiger partial charge in [0, 0.05) is 6.54 Å². The Hall–Kier alpha value is -2.43. The fraction of sp³-hybridized carbons (Fsp3) is 0.214. The van der Waals surface area contributed by atoms with Crippen LogP contribution in [0.25, 0.3) is 0 Å². The SMILES string of the molecule is CCN(Cc1ccco1)c1ccc(C(=O)O)cc1N. The molecule has 2 aromatic rings. The third-order valence-corrected chi connectivity index (χ3v) is 2.92. The fourth-order valence-electron chi connectivity index (χ4n) is 1.93. The normalized spacial score (nSPS) is 10.4. The maximum absolute atomic E-state index is 10.9. The van der Waals surface area contributed by atoms with Gasteiger partial charge in [-0.05, 0) is 37.3 Å². The van der Waals surface area contributed by atoms with E-state index < -0.39 is 5.97 Å². The van der Waals surface area contributed by atoms with Crippen molar-refractivity contribution in [1.82, 2.24) is 0 Å². The average Bonchev–Trinajstić information content (AvgIpc) is 2.89. The van der Waals surface area contributed by atoms with Crippen LogP contribution < -0.4 is 10.6 Å². The van der Waals surface area contributed by atoms with E-state index in [1.807, 2.05) is 24.0 Å². The molecule has 0 radical (unpaired) electrons. The summed E-state index contributed by atoms with van der Waals surface area (Å²) in [7, 11) is 0. The molecular weight excluding hydrogens is 244 g/mol. The van der Waals surface area contributed by atoms with Gasteiger partial charge >= 0.3 is 5.97 Å². The molecule has 1 heterocycles. The molecule has 0 aliphatic carbocycles. The average molecular weight is 260 g/mol. The number of carboxylic acid groups (broad SMARTS) is 1. The number of furan rings is 1. The van der Waals surface area contributed by atoms with Crippen molar-refractivity contribution in [3.05, 3.63) is 47.9 Å². The van der Waals surface area contributed by atoms with Crippen LogP contribution in [-0.4, -0.2) is 17.6 Å². The Labute approximate surface area is 111 Å². The van der Waals surface area contributed by atoms with Gasteiger partial charge in [-0.1, -0.05) is 0 Å². The van der Waals surface area contributed by atoms with Gasteiger partial charge in [0.1, 0.15) is 5.76 Å². The van der Waals surface area contributed by atoms with Crippen molar-refractivity contribution in [2.24, 2.45) is 0 Å². The molecule has 2 rings (SSSR count). The Balaban J connectivity index is 2.25. The summed E-state index contributed by atoms with van der Waals surface area (Å²) in [4.78, 5) is 12.9. The van der Waals surface area contributed by atoms with E-state index >= 15 is 0 Å². The van der Waals surface area contributed by atoms with Crippen molar-refractivity contribution in [2.75, 3.05) is 17.2 Å². The molecule has 0 atom stereocenters. The maximum atomic E-state index is 10.9. The molecule has 5 nitrogen and oxygen atoms in total. The first-order chi connectivity index (χ1) is 9.11. The molecule has 0 spiro atoms. The second kappa shape index (κ2) is 5.48. The molecule has 0 unspecified atom stereocenters. The first-order valence-corrected chi connectivity index (χ1v) is 6.02. The van der Waals surface area contributed by atoms with Gasteiger partial charge in [0.25, 0.3) is 0 Å². The molecule has 19 heavy (non-hydrogen) atoms. The van der Waals surface area contributed by atoms with Crippen molar-refractivity contribution in [3.63, 3.8) is 0 Å². The summed E-state index contributed by atoms with van der Waals surface area (Å²) >= 11 is 0. The monoisotopic (exact) mass is 260 g/mol. The van der Waals surface area contributed by atoms with E-state index in [9.17, 15) is 4.79 Å². The van der Waals surface area contributed by atoms with Crippen molar-refractivity contribution in [2.45, 2.75) is 13.5 Å². The smallest absolute Gasteiger partial charge is 0.335 e. The van der Waals surface area contributed by atoms with Crippen LogP contribution in [0.4, 0.5) is 11.4 Å². The number of nitrogens with zero attached hydrogens (tertiary/aromatic N) is 1. The highest BCUT2D eigenvalue weighted by atomic mass is 16.4. The van der Waals surface area contributed by atoms with Gasteiger partial charge < -0.3 is 20.2 Å². The summed E-state index contributed by atoms with van der Waals surface area (Å²) in [6, 6.07) is 8.48. The summed E-state index contributed by atoms with van der Waals surface area (Å²) in [5.74, 6) is -0.143. The van der Waals surface area contributed by atoms with Crippen LogP contribution in [-0.2, 0) is 6.54 Å². The van der Waals surface area contributed by atoms with Gasteiger partial charge in [-0.2, -0.15) is 0 Å². The van der Waals surface area contributed by atoms with Gasteiger partial charge in [0.05, 0.1) is 29.7 Å². The molecule has 0 bridgehead atoms. The van der Waals surface area contributed by atoms with Crippen molar-refractivity contribution >= 4 is 17.3 Å². The summed E-state index contributed by atoms with van der Waals surface area (Å²) in [5, 5.41) is 8.92. The number of anilines is 2. The van der Waals surface area contributed by atoms with Crippen LogP contribution in [0.1, 0.15) is 23.0 Å². The van der Waals surface area contributed by atoms with Crippen LogP contribution in [0.15, 0.2) is 41.0 Å². The lowest BCUT2D eigenvalue weighted by atomic mass is 10.1. The standard InChI is InChI=1S/C14H16N2O3/c1-2-16(9-11-4-3-7-19-11)13-6-5-10(14(17)18)8-12(13)15/h3-8H,2,9,15H2,1H3,(H,17,18). The van der Waals surface area contributed by atoms with E-state index in [0.29, 0.717) is 12.2 Å². The van der Waals surface area contributed by atoms with Gasteiger partial charge in [-0.25, -0.2) is 4.79 Å². The van der Waals surface area contributed by atoms with Gasteiger partial charge in [0.15, 0.2) is 0 Å². The van der Waals surface area contributed by atoms with Crippen LogP contribution in [0.2, 0.25) is 0 Å². The molecule has 1 aromatic carbocycles. The van der Waals surface area contributed by atoms with E-state index in [0.717, 1.165) is 18.0 Å². The minimum absolute atomic E-state index is 0.190. The van der Waals surface area contributed by atoms with Crippen LogP contribution in [0.5, 0.6) is 0 Å². The number of hydrogen-bond acceptors (Lipinski definition) is 4. The Morgan fingerprint density at radius 3 is 2.74 bits per heavy atom. The Kier molecular flexibility index (Phi) is 3.75. The lowest BCUT2D eigenvalue weighted by Gasteiger charge is -2.23. The zero-order valence-corrected chi connectivity index (χ0v) is 10.7. The van der Waals surface area contributed by atoms with Crippen LogP contribution in [0.3, 0.4) is 0 Å². The number of benzene rings is 1. The number of aromatic carboxylic acids is 1. The molecule has 3 N–H and O–H groups in total. The molecule has 100 valence electrons. The van der Waals surface area contributed by atoms with Crippen LogP contribution in [0, 0.1) is 0 Å². The fourth-order valence-corrected chi connectivity index (χ4v) is 1.93. The summed E-state index contributed by atoms with van der Waals surface area (Å²) in [5.41, 5.74) is 7.38. The summed E-state index contributed by atoms with van der Waals surface area (Å²) in [6.07, 6.45) is 1.63. The quantitative estimate of drug-likeness (QED) is 0.808. The number of nitrogen functional groups attached to an aromatic ring is 1. The van der Waals surface area contributed by atoms with E-state index in [4.69, 9.17) is 15.3 Å². The molecule has 1 aromatic heterocycles. The Morgan fingerprint density at radius 1 is 1.42 bits per heavy atom. The van der Waals surface area contributed by atoms with E-state index in [1.165, 1.54) is 6.07 Å². The minimum atomic E-state index is -0.979. The molecule has 0 saturated carbocycles. The largest absolute Gasteiger partial charge is 0.478 e. The molecule has 0 fully saturated rings. The highest BCUT2D eigenvalue weighted by Crippen LogP contribution is 2.26. The molecule has 0 aliphatic rings. The van der Waals surface area contributed by atoms with Crippen molar-refractivity contribution < 1.29 is 14.3 Å². The lowest BCUT2D eigenvalue weighted by Crippen LogP contribution is -2.23. The Bertz CT molecular complexity index is 564. The summed E-state index contributed by atoms with van der Waals surface area (Å²) in [6.45, 7) is 3.35. The molecule has 0 amide bonds. The third-order valence-electron chi connectivity index (χ3n) is 2.92. The molecule has 0 aliphatic heterocycles. The zero-order chi connectivity index (χ0) is 13.8. The van der Waals surface area contributed by atoms with Crippen molar-refractivity contribution in [3.8, 4) is 0 Å². The number of hydrogen-bond donors (Lipinski definition) is 2. The number of rotatable bonds is 5. The zero-order valence-electron chi connectivity index (χ0n) is 10.7.